The fraction of sp³-hybridized carbons (Fsp3) is 0.364. The Kier molecular flexibility index (Phi) is 4.23. The zero-order valence-corrected chi connectivity index (χ0v) is 12.1. The van der Waals surface area contributed by atoms with Crippen LogP contribution in [0.25, 0.3) is 0 Å². The molecular weight excluding hydrogens is 318 g/mol. The minimum absolute atomic E-state index is 0.0733. The van der Waals surface area contributed by atoms with Crippen LogP contribution in [0.2, 0.25) is 0 Å². The highest BCUT2D eigenvalue weighted by Crippen LogP contribution is 2.28. The van der Waals surface area contributed by atoms with E-state index in [4.69, 9.17) is 10.9 Å². The van der Waals surface area contributed by atoms with Gasteiger partial charge in [0.25, 0.3) is 0 Å². The Hall–Kier alpha value is -1.08. The SMILES string of the molecule is N/C(=N/O)c1c(Br)cccc1N1CCS(=O)CC1. The van der Waals surface area contributed by atoms with E-state index in [0.29, 0.717) is 17.1 Å². The Bertz CT molecular complexity index is 497. The van der Waals surface area contributed by atoms with E-state index >= 15 is 0 Å². The van der Waals surface area contributed by atoms with Gasteiger partial charge in [0.15, 0.2) is 5.84 Å². The lowest BCUT2D eigenvalue weighted by atomic mass is 10.1. The maximum atomic E-state index is 11.4. The zero-order valence-electron chi connectivity index (χ0n) is 9.67. The van der Waals surface area contributed by atoms with Crippen LogP contribution >= 0.6 is 15.9 Å². The highest BCUT2D eigenvalue weighted by Gasteiger charge is 2.20. The van der Waals surface area contributed by atoms with E-state index in [1.165, 1.54) is 0 Å². The molecule has 1 aromatic carbocycles. The van der Waals surface area contributed by atoms with Crippen LogP contribution in [0.3, 0.4) is 0 Å². The summed E-state index contributed by atoms with van der Waals surface area (Å²) in [6, 6.07) is 5.67. The zero-order chi connectivity index (χ0) is 13.1. The van der Waals surface area contributed by atoms with Crippen molar-refractivity contribution >= 4 is 38.3 Å². The van der Waals surface area contributed by atoms with Crippen LogP contribution in [-0.4, -0.2) is 39.8 Å². The third-order valence-corrected chi connectivity index (χ3v) is 4.81. The van der Waals surface area contributed by atoms with Crippen LogP contribution in [0.15, 0.2) is 27.8 Å². The van der Waals surface area contributed by atoms with Crippen molar-refractivity contribution in [3.63, 3.8) is 0 Å². The summed E-state index contributed by atoms with van der Waals surface area (Å²) in [5.41, 5.74) is 7.29. The third-order valence-electron chi connectivity index (χ3n) is 2.87. The van der Waals surface area contributed by atoms with Gasteiger partial charge >= 0.3 is 0 Å². The van der Waals surface area contributed by atoms with Crippen molar-refractivity contribution in [2.24, 2.45) is 10.9 Å². The van der Waals surface area contributed by atoms with Gasteiger partial charge in [-0.1, -0.05) is 11.2 Å². The molecule has 1 aliphatic rings. The number of oxime groups is 1. The molecule has 1 heterocycles. The maximum Gasteiger partial charge on any atom is 0.173 e. The van der Waals surface area contributed by atoms with Crippen molar-refractivity contribution in [1.82, 2.24) is 0 Å². The Balaban J connectivity index is 2.38. The Morgan fingerprint density at radius 3 is 2.72 bits per heavy atom. The molecule has 5 nitrogen and oxygen atoms in total. The van der Waals surface area contributed by atoms with Gasteiger partial charge in [-0.3, -0.25) is 4.21 Å². The maximum absolute atomic E-state index is 11.4. The molecule has 0 spiro atoms. The number of rotatable bonds is 2. The Labute approximate surface area is 116 Å². The fourth-order valence-corrected chi connectivity index (χ4v) is 3.57. The largest absolute Gasteiger partial charge is 0.409 e. The Morgan fingerprint density at radius 2 is 2.11 bits per heavy atom. The predicted molar refractivity (Wildman–Crippen MR) is 76.7 cm³/mol. The number of benzene rings is 1. The topological polar surface area (TPSA) is 78.9 Å². The first-order valence-electron chi connectivity index (χ1n) is 5.50. The van der Waals surface area contributed by atoms with Gasteiger partial charge in [0.05, 0.1) is 5.56 Å². The fourth-order valence-electron chi connectivity index (χ4n) is 1.96. The van der Waals surface area contributed by atoms with E-state index < -0.39 is 10.8 Å². The molecule has 18 heavy (non-hydrogen) atoms. The number of nitrogens with two attached hydrogens (primary N) is 1. The third kappa shape index (κ3) is 2.67. The molecule has 0 amide bonds. The quantitative estimate of drug-likeness (QED) is 0.368. The van der Waals surface area contributed by atoms with E-state index in [2.05, 4.69) is 26.0 Å². The summed E-state index contributed by atoms with van der Waals surface area (Å²) in [7, 11) is -0.723. The molecule has 7 heteroatoms. The van der Waals surface area contributed by atoms with Crippen LogP contribution in [-0.2, 0) is 10.8 Å². The van der Waals surface area contributed by atoms with Crippen LogP contribution < -0.4 is 10.6 Å². The summed E-state index contributed by atoms with van der Waals surface area (Å²) >= 11 is 3.41. The summed E-state index contributed by atoms with van der Waals surface area (Å²) < 4.78 is 12.1. The molecule has 0 aliphatic carbocycles. The van der Waals surface area contributed by atoms with Gasteiger partial charge < -0.3 is 15.8 Å². The standard InChI is InChI=1S/C11H14BrN3O2S/c12-8-2-1-3-9(10(8)11(13)14-16)15-4-6-18(17)7-5-15/h1-3,16H,4-7H2,(H2,13,14). The van der Waals surface area contributed by atoms with Crippen LogP contribution in [0, 0.1) is 0 Å². The number of anilines is 1. The number of amidine groups is 1. The van der Waals surface area contributed by atoms with E-state index in [1.54, 1.807) is 0 Å². The van der Waals surface area contributed by atoms with Gasteiger partial charge in [-0.05, 0) is 28.1 Å². The van der Waals surface area contributed by atoms with Crippen LogP contribution in [0.1, 0.15) is 5.56 Å². The van der Waals surface area contributed by atoms with Gasteiger partial charge in [-0.2, -0.15) is 0 Å². The molecule has 3 N–H and O–H groups in total. The number of hydrogen-bond acceptors (Lipinski definition) is 4. The lowest BCUT2D eigenvalue weighted by molar-refractivity contribution is 0.318. The summed E-state index contributed by atoms with van der Waals surface area (Å²) in [6.07, 6.45) is 0. The molecule has 1 aromatic rings. The molecule has 1 fully saturated rings. The van der Waals surface area contributed by atoms with Gasteiger partial charge in [0, 0.05) is 45.6 Å². The van der Waals surface area contributed by atoms with Crippen molar-refractivity contribution in [2.75, 3.05) is 29.5 Å². The van der Waals surface area contributed by atoms with Gasteiger partial charge in [-0.15, -0.1) is 0 Å². The van der Waals surface area contributed by atoms with Crippen molar-refractivity contribution in [3.05, 3.63) is 28.2 Å². The second-order valence-corrected chi connectivity index (χ2v) is 6.50. The van der Waals surface area contributed by atoms with Gasteiger partial charge in [-0.25, -0.2) is 0 Å². The molecule has 0 atom stereocenters. The summed E-state index contributed by atoms with van der Waals surface area (Å²) in [5, 5.41) is 11.9. The van der Waals surface area contributed by atoms with E-state index in [0.717, 1.165) is 23.2 Å². The normalized spacial score (nSPS) is 18.1. The molecule has 2 rings (SSSR count). The smallest absolute Gasteiger partial charge is 0.173 e. The van der Waals surface area contributed by atoms with Crippen molar-refractivity contribution in [3.8, 4) is 0 Å². The van der Waals surface area contributed by atoms with E-state index in [-0.39, 0.29) is 5.84 Å². The van der Waals surface area contributed by atoms with Gasteiger partial charge in [0.1, 0.15) is 0 Å². The average Bonchev–Trinajstić information content (AvgIpc) is 2.38. The molecule has 98 valence electrons. The van der Waals surface area contributed by atoms with E-state index in [1.807, 2.05) is 18.2 Å². The minimum atomic E-state index is -0.723. The highest BCUT2D eigenvalue weighted by atomic mass is 79.9. The van der Waals surface area contributed by atoms with Crippen molar-refractivity contribution in [2.45, 2.75) is 0 Å². The molecule has 1 aliphatic heterocycles. The number of hydrogen-bond donors (Lipinski definition) is 2. The average molecular weight is 332 g/mol. The molecule has 0 aromatic heterocycles. The molecule has 0 saturated carbocycles. The first-order chi connectivity index (χ1) is 8.63. The number of halogens is 1. The van der Waals surface area contributed by atoms with E-state index in [9.17, 15) is 4.21 Å². The monoisotopic (exact) mass is 331 g/mol. The first-order valence-corrected chi connectivity index (χ1v) is 7.78. The number of nitrogens with zero attached hydrogens (tertiary/aromatic N) is 2. The molecule has 0 radical (unpaired) electrons. The molecule has 0 unspecified atom stereocenters. The molecule has 0 bridgehead atoms. The van der Waals surface area contributed by atoms with Gasteiger partial charge in [0.2, 0.25) is 0 Å². The Morgan fingerprint density at radius 1 is 1.44 bits per heavy atom. The molecule has 1 saturated heterocycles. The predicted octanol–water partition coefficient (Wildman–Crippen LogP) is 1.11. The van der Waals surface area contributed by atoms with Crippen molar-refractivity contribution in [1.29, 1.82) is 0 Å². The summed E-state index contributed by atoms with van der Waals surface area (Å²) in [5.74, 6) is 1.38. The lowest BCUT2D eigenvalue weighted by Gasteiger charge is -2.30. The summed E-state index contributed by atoms with van der Waals surface area (Å²) in [4.78, 5) is 2.11. The second kappa shape index (κ2) is 5.71. The van der Waals surface area contributed by atoms with Crippen LogP contribution in [0.5, 0.6) is 0 Å². The highest BCUT2D eigenvalue weighted by molar-refractivity contribution is 9.10. The minimum Gasteiger partial charge on any atom is -0.409 e. The first kappa shape index (κ1) is 13.4. The second-order valence-electron chi connectivity index (χ2n) is 3.95. The van der Waals surface area contributed by atoms with Crippen molar-refractivity contribution < 1.29 is 9.42 Å². The molecular formula is C11H14BrN3O2S. The summed E-state index contributed by atoms with van der Waals surface area (Å²) in [6.45, 7) is 1.43. The van der Waals surface area contributed by atoms with Crippen LogP contribution in [0.4, 0.5) is 5.69 Å². The lowest BCUT2D eigenvalue weighted by Crippen LogP contribution is -2.39.